The van der Waals surface area contributed by atoms with E-state index in [0.717, 1.165) is 37.1 Å². The van der Waals surface area contributed by atoms with E-state index in [1.165, 1.54) is 0 Å². The molecule has 2 heterocycles. The highest BCUT2D eigenvalue weighted by molar-refractivity contribution is 8.00. The van der Waals surface area contributed by atoms with Crippen LogP contribution in [0.25, 0.3) is 4.91 Å². The molecule has 1 fully saturated rings. The Bertz CT molecular complexity index is 746. The summed E-state index contributed by atoms with van der Waals surface area (Å²) in [6.45, 7) is 5.34. The Morgan fingerprint density at radius 3 is 2.26 bits per heavy atom. The van der Waals surface area contributed by atoms with Crippen LogP contribution < -0.4 is 5.73 Å². The molecule has 0 amide bonds. The predicted octanol–water partition coefficient (Wildman–Crippen LogP) is 2.31. The van der Waals surface area contributed by atoms with Crippen molar-refractivity contribution in [1.82, 2.24) is 4.90 Å². The third-order valence-electron chi connectivity index (χ3n) is 4.29. The summed E-state index contributed by atoms with van der Waals surface area (Å²) in [6.07, 6.45) is 1.73. The Morgan fingerprint density at radius 1 is 1.13 bits per heavy atom. The molecule has 0 aliphatic carbocycles. The summed E-state index contributed by atoms with van der Waals surface area (Å²) >= 11 is 0. The number of amidine groups is 1. The maximum absolute atomic E-state index is 12.5. The van der Waals surface area contributed by atoms with Crippen LogP contribution in [0.15, 0.2) is 34.2 Å². The lowest BCUT2D eigenvalue weighted by molar-refractivity contribution is 0.314. The zero-order valence-electron chi connectivity index (χ0n) is 13.3. The summed E-state index contributed by atoms with van der Waals surface area (Å²) in [5, 5.41) is 0. The molecule has 126 valence electrons. The van der Waals surface area contributed by atoms with Crippen molar-refractivity contribution in [2.24, 2.45) is 10.1 Å². The number of rotatable bonds is 1. The number of piperidine rings is 1. The third kappa shape index (κ3) is 3.44. The number of nitrogens with zero attached hydrogens (tertiary/aromatic N) is 2. The molecule has 5 nitrogen and oxygen atoms in total. The van der Waals surface area contributed by atoms with E-state index in [9.17, 15) is 8.42 Å². The van der Waals surface area contributed by atoms with Crippen LogP contribution in [0.2, 0.25) is 0 Å². The van der Waals surface area contributed by atoms with Crippen LogP contribution in [-0.4, -0.2) is 38.3 Å². The number of sulfonamides is 1. The second-order valence-electron chi connectivity index (χ2n) is 6.03. The monoisotopic (exact) mass is 355 g/mol. The van der Waals surface area contributed by atoms with Crippen molar-refractivity contribution in [2.75, 3.05) is 13.1 Å². The fourth-order valence-electron chi connectivity index (χ4n) is 3.00. The molecule has 0 saturated carbocycles. The van der Waals surface area contributed by atoms with Gasteiger partial charge in [0.1, 0.15) is 10.7 Å². The Labute approximate surface area is 143 Å². The molecule has 0 unspecified atom stereocenters. The molecule has 3 rings (SSSR count). The number of aryl methyl sites for hydroxylation is 1. The van der Waals surface area contributed by atoms with E-state index in [1.807, 2.05) is 43.0 Å². The van der Waals surface area contributed by atoms with Gasteiger partial charge in [-0.1, -0.05) is 29.8 Å². The number of likely N-dealkylation sites (tertiary alicyclic amines) is 1. The molecule has 0 radical (unpaired) electrons. The van der Waals surface area contributed by atoms with Crippen molar-refractivity contribution >= 4 is 33.2 Å². The van der Waals surface area contributed by atoms with Crippen molar-refractivity contribution in [3.05, 3.63) is 41.0 Å². The molecule has 0 spiro atoms. The van der Waals surface area contributed by atoms with Crippen molar-refractivity contribution in [3.8, 4) is 0 Å². The Hall–Kier alpha value is -1.37. The fourth-order valence-corrected chi connectivity index (χ4v) is 4.48. The van der Waals surface area contributed by atoms with Gasteiger partial charge >= 0.3 is 0 Å². The number of benzene rings is 1. The maximum atomic E-state index is 12.5. The largest absolute Gasteiger partial charge is 0.356 e. The van der Waals surface area contributed by atoms with Gasteiger partial charge in [-0.15, -0.1) is 16.8 Å². The second-order valence-corrected chi connectivity index (χ2v) is 7.58. The first-order chi connectivity index (χ1) is 10.4. The molecule has 0 atom stereocenters. The van der Waals surface area contributed by atoms with Crippen LogP contribution in [0.4, 0.5) is 0 Å². The Balaban J connectivity index is 0.00000192. The highest BCUT2D eigenvalue weighted by Crippen LogP contribution is 2.34. The first kappa shape index (κ1) is 18.0. The summed E-state index contributed by atoms with van der Waals surface area (Å²) in [5.74, 6) is 0.586. The van der Waals surface area contributed by atoms with E-state index in [2.05, 4.69) is 4.40 Å². The average molecular weight is 356 g/mol. The van der Waals surface area contributed by atoms with Crippen molar-refractivity contribution in [1.29, 1.82) is 0 Å². The van der Waals surface area contributed by atoms with Gasteiger partial charge in [0.15, 0.2) is 0 Å². The topological polar surface area (TPSA) is 75.8 Å². The smallest absolute Gasteiger partial charge is 0.285 e. The summed E-state index contributed by atoms with van der Waals surface area (Å²) in [4.78, 5) is 2.37. The molecule has 1 aromatic carbocycles. The van der Waals surface area contributed by atoms with E-state index < -0.39 is 10.0 Å². The molecule has 1 aromatic rings. The van der Waals surface area contributed by atoms with E-state index in [-0.39, 0.29) is 18.4 Å². The highest BCUT2D eigenvalue weighted by Gasteiger charge is 2.34. The van der Waals surface area contributed by atoms with Gasteiger partial charge in [-0.3, -0.25) is 0 Å². The van der Waals surface area contributed by atoms with E-state index in [1.54, 1.807) is 0 Å². The lowest BCUT2D eigenvalue weighted by atomic mass is 10.0. The lowest BCUT2D eigenvalue weighted by Gasteiger charge is -2.31. The molecule has 0 aromatic heterocycles. The predicted molar refractivity (Wildman–Crippen MR) is 96.2 cm³/mol. The zero-order valence-corrected chi connectivity index (χ0v) is 15.0. The molecular formula is C16H22ClN3O2S. The van der Waals surface area contributed by atoms with Crippen LogP contribution in [-0.2, 0) is 10.0 Å². The highest BCUT2D eigenvalue weighted by atomic mass is 35.5. The minimum atomic E-state index is -3.62. The maximum Gasteiger partial charge on any atom is 0.285 e. The van der Waals surface area contributed by atoms with E-state index in [4.69, 9.17) is 5.73 Å². The number of halogens is 1. The molecule has 1 saturated heterocycles. The first-order valence-corrected chi connectivity index (χ1v) is 8.96. The van der Waals surface area contributed by atoms with Crippen LogP contribution in [0.3, 0.4) is 0 Å². The van der Waals surface area contributed by atoms with Crippen molar-refractivity contribution in [3.63, 3.8) is 0 Å². The summed E-state index contributed by atoms with van der Waals surface area (Å²) in [6, 6.07) is 7.73. The minimum absolute atomic E-state index is 0. The van der Waals surface area contributed by atoms with Crippen molar-refractivity contribution in [2.45, 2.75) is 32.7 Å². The molecule has 2 aliphatic heterocycles. The van der Waals surface area contributed by atoms with Crippen molar-refractivity contribution < 1.29 is 8.42 Å². The number of hydrogen-bond donors (Lipinski definition) is 1. The van der Waals surface area contributed by atoms with Gasteiger partial charge in [-0.2, -0.15) is 8.42 Å². The lowest BCUT2D eigenvalue weighted by Crippen LogP contribution is -2.42. The van der Waals surface area contributed by atoms with Gasteiger partial charge in [0.25, 0.3) is 10.0 Å². The number of hydrogen-bond acceptors (Lipinski definition) is 4. The minimum Gasteiger partial charge on any atom is -0.356 e. The quantitative estimate of drug-likeness (QED) is 0.838. The standard InChI is InChI=1S/C16H21N3O2S.ClH/c1-11-3-5-13(6-4-11)15-12(2)16(18-22(15,20)21)19-9-7-14(17)8-10-19;/h3-6,14H,7-10,17H2,1-2H3;1H. The Morgan fingerprint density at radius 2 is 1.70 bits per heavy atom. The summed E-state index contributed by atoms with van der Waals surface area (Å²) < 4.78 is 29.0. The first-order valence-electron chi connectivity index (χ1n) is 7.52. The van der Waals surface area contributed by atoms with Gasteiger partial charge < -0.3 is 10.6 Å². The van der Waals surface area contributed by atoms with Gasteiger partial charge in [-0.25, -0.2) is 0 Å². The second kappa shape index (κ2) is 6.63. The Kier molecular flexibility index (Phi) is 5.18. The fraction of sp³-hybridized carbons (Fsp3) is 0.438. The molecule has 2 aliphatic rings. The van der Waals surface area contributed by atoms with Gasteiger partial charge in [0.2, 0.25) is 0 Å². The van der Waals surface area contributed by atoms with Gasteiger partial charge in [0, 0.05) is 24.7 Å². The third-order valence-corrected chi connectivity index (χ3v) is 5.76. The molecular weight excluding hydrogens is 334 g/mol. The van der Waals surface area contributed by atoms with Crippen LogP contribution >= 0.6 is 12.4 Å². The van der Waals surface area contributed by atoms with Crippen LogP contribution in [0.5, 0.6) is 0 Å². The number of nitrogens with two attached hydrogens (primary N) is 1. The SMILES string of the molecule is CC1=C(c2ccc(C)cc2)S(=O)(=O)N=C1N1CCC(N)CC1.Cl. The van der Waals surface area contributed by atoms with Gasteiger partial charge in [0.05, 0.1) is 0 Å². The average Bonchev–Trinajstić information content (AvgIpc) is 2.71. The summed E-state index contributed by atoms with van der Waals surface area (Å²) in [7, 11) is -3.62. The van der Waals surface area contributed by atoms with E-state index in [0.29, 0.717) is 16.3 Å². The molecule has 2 N–H and O–H groups in total. The molecule has 23 heavy (non-hydrogen) atoms. The molecule has 0 bridgehead atoms. The van der Waals surface area contributed by atoms with E-state index >= 15 is 0 Å². The zero-order chi connectivity index (χ0) is 15.9. The molecule has 7 heteroatoms. The normalized spacial score (nSPS) is 21.2. The van der Waals surface area contributed by atoms with Crippen LogP contribution in [0.1, 0.15) is 30.9 Å². The van der Waals surface area contributed by atoms with Gasteiger partial charge in [-0.05, 0) is 32.3 Å². The van der Waals surface area contributed by atoms with Crippen LogP contribution in [0, 0.1) is 6.92 Å². The summed E-state index contributed by atoms with van der Waals surface area (Å²) in [5.41, 5.74) is 8.46.